The van der Waals surface area contributed by atoms with Gasteiger partial charge < -0.3 is 0 Å². The normalized spacial score (nSPS) is 10.5. The molecule has 2 aromatic rings. The summed E-state index contributed by atoms with van der Waals surface area (Å²) < 4.78 is 1.78. The van der Waals surface area contributed by atoms with Crippen LogP contribution >= 0.6 is 23.4 Å². The lowest BCUT2D eigenvalue weighted by Gasteiger charge is -2.06. The SMILES string of the molecule is Cc1cc(Sc2c(Cl)cccc2C=O)n(C)n1. The van der Waals surface area contributed by atoms with Gasteiger partial charge in [-0.15, -0.1) is 0 Å². The molecule has 0 fully saturated rings. The Morgan fingerprint density at radius 1 is 1.47 bits per heavy atom. The van der Waals surface area contributed by atoms with Crippen LogP contribution in [0.2, 0.25) is 5.02 Å². The Morgan fingerprint density at radius 3 is 2.82 bits per heavy atom. The molecule has 88 valence electrons. The molecule has 0 aliphatic rings. The van der Waals surface area contributed by atoms with Crippen molar-refractivity contribution in [2.24, 2.45) is 7.05 Å². The summed E-state index contributed by atoms with van der Waals surface area (Å²) >= 11 is 7.56. The largest absolute Gasteiger partial charge is 0.298 e. The maximum atomic E-state index is 11.0. The fourth-order valence-corrected chi connectivity index (χ4v) is 2.82. The Morgan fingerprint density at radius 2 is 2.24 bits per heavy atom. The van der Waals surface area contributed by atoms with E-state index in [2.05, 4.69) is 5.10 Å². The van der Waals surface area contributed by atoms with Gasteiger partial charge in [0.1, 0.15) is 0 Å². The standard InChI is InChI=1S/C12H11ClN2OS/c1-8-6-11(15(2)14-8)17-12-9(7-16)4-3-5-10(12)13/h3-7H,1-2H3. The van der Waals surface area contributed by atoms with Crippen LogP contribution < -0.4 is 0 Å². The quantitative estimate of drug-likeness (QED) is 0.799. The van der Waals surface area contributed by atoms with Gasteiger partial charge in [0.25, 0.3) is 0 Å². The lowest BCUT2D eigenvalue weighted by Crippen LogP contribution is -1.93. The first-order chi connectivity index (χ1) is 8.11. The van der Waals surface area contributed by atoms with Gasteiger partial charge in [0, 0.05) is 17.5 Å². The van der Waals surface area contributed by atoms with Crippen LogP contribution in [0.25, 0.3) is 0 Å². The van der Waals surface area contributed by atoms with E-state index >= 15 is 0 Å². The molecule has 0 saturated carbocycles. The highest BCUT2D eigenvalue weighted by molar-refractivity contribution is 7.99. The second kappa shape index (κ2) is 4.94. The van der Waals surface area contributed by atoms with Crippen LogP contribution in [0, 0.1) is 6.92 Å². The highest BCUT2D eigenvalue weighted by Gasteiger charge is 2.11. The van der Waals surface area contributed by atoms with Gasteiger partial charge in [-0.3, -0.25) is 9.48 Å². The molecule has 0 aliphatic carbocycles. The van der Waals surface area contributed by atoms with Gasteiger partial charge in [0.05, 0.1) is 15.7 Å². The maximum Gasteiger partial charge on any atom is 0.151 e. The number of benzene rings is 1. The molecule has 1 aromatic heterocycles. The minimum atomic E-state index is 0.582. The Kier molecular flexibility index (Phi) is 3.54. The average molecular weight is 267 g/mol. The molecule has 0 N–H and O–H groups in total. The molecule has 0 radical (unpaired) electrons. The minimum absolute atomic E-state index is 0.582. The third-order valence-electron chi connectivity index (χ3n) is 2.29. The van der Waals surface area contributed by atoms with Crippen LogP contribution in [0.15, 0.2) is 34.2 Å². The summed E-state index contributed by atoms with van der Waals surface area (Å²) in [6, 6.07) is 7.26. The van der Waals surface area contributed by atoms with Crippen molar-refractivity contribution < 1.29 is 4.79 Å². The summed E-state index contributed by atoms with van der Waals surface area (Å²) in [5.74, 6) is 0. The molecule has 17 heavy (non-hydrogen) atoms. The highest BCUT2D eigenvalue weighted by Crippen LogP contribution is 2.35. The molecule has 0 atom stereocenters. The zero-order valence-corrected chi connectivity index (χ0v) is 11.0. The summed E-state index contributed by atoms with van der Waals surface area (Å²) in [4.78, 5) is 11.7. The number of aryl methyl sites for hydroxylation is 2. The number of halogens is 1. The molecule has 0 spiro atoms. The molecule has 0 amide bonds. The van der Waals surface area contributed by atoms with Crippen molar-refractivity contribution >= 4 is 29.6 Å². The van der Waals surface area contributed by atoms with Gasteiger partial charge in [-0.2, -0.15) is 5.10 Å². The topological polar surface area (TPSA) is 34.9 Å². The van der Waals surface area contributed by atoms with E-state index in [4.69, 9.17) is 11.6 Å². The van der Waals surface area contributed by atoms with E-state index in [1.807, 2.05) is 20.0 Å². The van der Waals surface area contributed by atoms with Gasteiger partial charge in [0.2, 0.25) is 0 Å². The monoisotopic (exact) mass is 266 g/mol. The van der Waals surface area contributed by atoms with Crippen molar-refractivity contribution in [3.05, 3.63) is 40.5 Å². The van der Waals surface area contributed by atoms with Crippen molar-refractivity contribution in [1.29, 1.82) is 0 Å². The Hall–Kier alpha value is -1.26. The van der Waals surface area contributed by atoms with Crippen LogP contribution in [0.4, 0.5) is 0 Å². The number of carbonyl (C=O) groups excluding carboxylic acids is 1. The van der Waals surface area contributed by atoms with Crippen LogP contribution in [0.5, 0.6) is 0 Å². The molecule has 5 heteroatoms. The zero-order valence-electron chi connectivity index (χ0n) is 9.48. The first-order valence-corrected chi connectivity index (χ1v) is 6.23. The summed E-state index contributed by atoms with van der Waals surface area (Å²) in [5, 5.41) is 5.80. The molecule has 3 nitrogen and oxygen atoms in total. The van der Waals surface area contributed by atoms with E-state index in [9.17, 15) is 4.79 Å². The first kappa shape index (κ1) is 12.2. The highest BCUT2D eigenvalue weighted by atomic mass is 35.5. The van der Waals surface area contributed by atoms with Gasteiger partial charge in [-0.05, 0) is 19.1 Å². The molecular weight excluding hydrogens is 256 g/mol. The lowest BCUT2D eigenvalue weighted by atomic mass is 10.2. The molecule has 1 aromatic carbocycles. The van der Waals surface area contributed by atoms with E-state index in [-0.39, 0.29) is 0 Å². The van der Waals surface area contributed by atoms with E-state index < -0.39 is 0 Å². The summed E-state index contributed by atoms with van der Waals surface area (Å²) in [6.07, 6.45) is 0.817. The summed E-state index contributed by atoms with van der Waals surface area (Å²) in [7, 11) is 1.87. The maximum absolute atomic E-state index is 11.0. The van der Waals surface area contributed by atoms with Gasteiger partial charge in [-0.1, -0.05) is 35.5 Å². The van der Waals surface area contributed by atoms with Gasteiger partial charge in [0.15, 0.2) is 6.29 Å². The Balaban J connectivity index is 2.42. The number of hydrogen-bond acceptors (Lipinski definition) is 3. The number of carbonyl (C=O) groups is 1. The van der Waals surface area contributed by atoms with Crippen molar-refractivity contribution in [3.63, 3.8) is 0 Å². The zero-order chi connectivity index (χ0) is 12.4. The summed E-state index contributed by atoms with van der Waals surface area (Å²) in [6.45, 7) is 1.93. The molecule has 1 heterocycles. The molecule has 0 bridgehead atoms. The van der Waals surface area contributed by atoms with Gasteiger partial charge >= 0.3 is 0 Å². The van der Waals surface area contributed by atoms with Crippen LogP contribution in [0.3, 0.4) is 0 Å². The third-order valence-corrected chi connectivity index (χ3v) is 3.97. The number of aldehydes is 1. The molecular formula is C12H11ClN2OS. The van der Waals surface area contributed by atoms with E-state index in [1.54, 1.807) is 22.9 Å². The van der Waals surface area contributed by atoms with Crippen LogP contribution in [-0.4, -0.2) is 16.1 Å². The molecule has 0 aliphatic heterocycles. The lowest BCUT2D eigenvalue weighted by molar-refractivity contribution is 0.112. The average Bonchev–Trinajstić information content (AvgIpc) is 2.60. The van der Waals surface area contributed by atoms with E-state index in [1.165, 1.54) is 11.8 Å². The number of rotatable bonds is 3. The first-order valence-electron chi connectivity index (χ1n) is 5.04. The number of hydrogen-bond donors (Lipinski definition) is 0. The Labute approximate surface area is 109 Å². The summed E-state index contributed by atoms with van der Waals surface area (Å²) in [5.41, 5.74) is 1.54. The van der Waals surface area contributed by atoms with Gasteiger partial charge in [-0.25, -0.2) is 0 Å². The van der Waals surface area contributed by atoms with Crippen LogP contribution in [0.1, 0.15) is 16.1 Å². The predicted molar refractivity (Wildman–Crippen MR) is 68.9 cm³/mol. The second-order valence-corrected chi connectivity index (χ2v) is 5.06. The minimum Gasteiger partial charge on any atom is -0.298 e. The number of nitrogens with zero attached hydrogens (tertiary/aromatic N) is 2. The van der Waals surface area contributed by atoms with Crippen molar-refractivity contribution in [2.45, 2.75) is 16.8 Å². The van der Waals surface area contributed by atoms with Crippen molar-refractivity contribution in [2.75, 3.05) is 0 Å². The fourth-order valence-electron chi connectivity index (χ4n) is 1.51. The molecule has 0 saturated heterocycles. The van der Waals surface area contributed by atoms with E-state index in [0.29, 0.717) is 10.6 Å². The Bertz CT molecular complexity index is 566. The molecule has 0 unspecified atom stereocenters. The van der Waals surface area contributed by atoms with E-state index in [0.717, 1.165) is 21.9 Å². The smallest absolute Gasteiger partial charge is 0.151 e. The number of aromatic nitrogens is 2. The molecule has 2 rings (SSSR count). The third kappa shape index (κ3) is 2.53. The fraction of sp³-hybridized carbons (Fsp3) is 0.167. The second-order valence-electron chi connectivity index (χ2n) is 3.63. The van der Waals surface area contributed by atoms with Crippen molar-refractivity contribution in [3.8, 4) is 0 Å². The van der Waals surface area contributed by atoms with Crippen molar-refractivity contribution in [1.82, 2.24) is 9.78 Å². The van der Waals surface area contributed by atoms with Crippen LogP contribution in [-0.2, 0) is 7.05 Å². The predicted octanol–water partition coefficient (Wildman–Crippen LogP) is 3.35.